The fraction of sp³-hybridized carbons (Fsp3) is 0.286. The topological polar surface area (TPSA) is 51.8 Å². The SMILES string of the molecule is NC(CCCc1ccccc1)c1ncccn1. The number of hydrogen-bond donors (Lipinski definition) is 1. The van der Waals surface area contributed by atoms with Crippen LogP contribution in [-0.4, -0.2) is 9.97 Å². The van der Waals surface area contributed by atoms with Crippen LogP contribution in [0.15, 0.2) is 48.8 Å². The second kappa shape index (κ2) is 6.11. The van der Waals surface area contributed by atoms with Gasteiger partial charge in [-0.1, -0.05) is 30.3 Å². The number of nitrogens with two attached hydrogens (primary N) is 1. The van der Waals surface area contributed by atoms with Gasteiger partial charge in [0.25, 0.3) is 0 Å². The van der Waals surface area contributed by atoms with Gasteiger partial charge in [-0.2, -0.15) is 0 Å². The summed E-state index contributed by atoms with van der Waals surface area (Å²) in [7, 11) is 0. The molecule has 0 fully saturated rings. The number of nitrogens with zero attached hydrogens (tertiary/aromatic N) is 2. The van der Waals surface area contributed by atoms with Crippen molar-refractivity contribution in [3.63, 3.8) is 0 Å². The van der Waals surface area contributed by atoms with Crippen LogP contribution in [0.25, 0.3) is 0 Å². The molecule has 1 atom stereocenters. The Morgan fingerprint density at radius 1 is 1.00 bits per heavy atom. The van der Waals surface area contributed by atoms with Gasteiger partial charge in [-0.25, -0.2) is 9.97 Å². The number of hydrogen-bond acceptors (Lipinski definition) is 3. The molecular formula is C14H17N3. The minimum Gasteiger partial charge on any atom is -0.321 e. The van der Waals surface area contributed by atoms with Crippen molar-refractivity contribution < 1.29 is 0 Å². The molecule has 2 rings (SSSR count). The molecule has 0 saturated heterocycles. The van der Waals surface area contributed by atoms with Crippen LogP contribution < -0.4 is 5.73 Å². The standard InChI is InChI=1S/C14H17N3/c15-13(14-16-10-5-11-17-14)9-4-8-12-6-2-1-3-7-12/h1-3,5-7,10-11,13H,4,8-9,15H2. The van der Waals surface area contributed by atoms with Gasteiger partial charge in [0.15, 0.2) is 0 Å². The van der Waals surface area contributed by atoms with E-state index in [4.69, 9.17) is 5.73 Å². The molecule has 17 heavy (non-hydrogen) atoms. The van der Waals surface area contributed by atoms with E-state index in [1.165, 1.54) is 5.56 Å². The van der Waals surface area contributed by atoms with Gasteiger partial charge >= 0.3 is 0 Å². The van der Waals surface area contributed by atoms with Crippen LogP contribution in [-0.2, 0) is 6.42 Å². The first kappa shape index (κ1) is 11.7. The van der Waals surface area contributed by atoms with Crippen molar-refractivity contribution in [2.75, 3.05) is 0 Å². The summed E-state index contributed by atoms with van der Waals surface area (Å²) in [5, 5.41) is 0. The first-order valence-electron chi connectivity index (χ1n) is 5.92. The molecule has 3 nitrogen and oxygen atoms in total. The van der Waals surface area contributed by atoms with E-state index in [0.717, 1.165) is 25.1 Å². The molecule has 0 aliphatic rings. The molecule has 2 N–H and O–H groups in total. The molecule has 0 saturated carbocycles. The van der Waals surface area contributed by atoms with E-state index in [9.17, 15) is 0 Å². The normalized spacial score (nSPS) is 12.3. The van der Waals surface area contributed by atoms with Crippen molar-refractivity contribution in [2.24, 2.45) is 5.73 Å². The van der Waals surface area contributed by atoms with E-state index in [1.54, 1.807) is 18.5 Å². The predicted octanol–water partition coefficient (Wildman–Crippen LogP) is 2.50. The molecule has 2 aromatic rings. The van der Waals surface area contributed by atoms with Gasteiger partial charge in [0.1, 0.15) is 5.82 Å². The van der Waals surface area contributed by atoms with Crippen LogP contribution in [0.4, 0.5) is 0 Å². The number of rotatable bonds is 5. The molecule has 0 bridgehead atoms. The first-order valence-corrected chi connectivity index (χ1v) is 5.92. The molecule has 0 aliphatic carbocycles. The Balaban J connectivity index is 1.79. The van der Waals surface area contributed by atoms with Gasteiger partial charge in [0, 0.05) is 12.4 Å². The highest BCUT2D eigenvalue weighted by atomic mass is 14.9. The summed E-state index contributed by atoms with van der Waals surface area (Å²) >= 11 is 0. The molecule has 0 radical (unpaired) electrons. The maximum Gasteiger partial charge on any atom is 0.144 e. The monoisotopic (exact) mass is 227 g/mol. The molecule has 0 amide bonds. The van der Waals surface area contributed by atoms with Crippen molar-refractivity contribution in [3.05, 3.63) is 60.2 Å². The van der Waals surface area contributed by atoms with Gasteiger partial charge in [0.2, 0.25) is 0 Å². The lowest BCUT2D eigenvalue weighted by atomic mass is 10.0. The van der Waals surface area contributed by atoms with Crippen molar-refractivity contribution in [3.8, 4) is 0 Å². The molecule has 0 spiro atoms. The summed E-state index contributed by atoms with van der Waals surface area (Å²) in [5.74, 6) is 0.737. The van der Waals surface area contributed by atoms with Gasteiger partial charge in [-0.3, -0.25) is 0 Å². The zero-order valence-corrected chi connectivity index (χ0v) is 9.79. The number of aromatic nitrogens is 2. The smallest absolute Gasteiger partial charge is 0.144 e. The van der Waals surface area contributed by atoms with E-state index in [0.29, 0.717) is 0 Å². The van der Waals surface area contributed by atoms with Crippen LogP contribution in [0.1, 0.15) is 30.3 Å². The highest BCUT2D eigenvalue weighted by molar-refractivity contribution is 5.14. The zero-order chi connectivity index (χ0) is 11.9. The van der Waals surface area contributed by atoms with E-state index >= 15 is 0 Å². The lowest BCUT2D eigenvalue weighted by Crippen LogP contribution is -2.13. The summed E-state index contributed by atoms with van der Waals surface area (Å²) < 4.78 is 0. The van der Waals surface area contributed by atoms with Crippen molar-refractivity contribution >= 4 is 0 Å². The van der Waals surface area contributed by atoms with Crippen LogP contribution in [0.3, 0.4) is 0 Å². The van der Waals surface area contributed by atoms with Crippen LogP contribution in [0.2, 0.25) is 0 Å². The lowest BCUT2D eigenvalue weighted by molar-refractivity contribution is 0.581. The average Bonchev–Trinajstić information content (AvgIpc) is 2.41. The van der Waals surface area contributed by atoms with E-state index in [2.05, 4.69) is 34.2 Å². The maximum absolute atomic E-state index is 6.03. The third kappa shape index (κ3) is 3.64. The van der Waals surface area contributed by atoms with E-state index < -0.39 is 0 Å². The summed E-state index contributed by atoms with van der Waals surface area (Å²) in [5.41, 5.74) is 7.39. The lowest BCUT2D eigenvalue weighted by Gasteiger charge is -2.09. The molecular weight excluding hydrogens is 210 g/mol. The third-order valence-electron chi connectivity index (χ3n) is 2.74. The Labute approximate surface area is 102 Å². The highest BCUT2D eigenvalue weighted by Gasteiger charge is 2.07. The average molecular weight is 227 g/mol. The second-order valence-electron chi connectivity index (χ2n) is 4.09. The van der Waals surface area contributed by atoms with Gasteiger partial charge in [-0.05, 0) is 30.9 Å². The second-order valence-corrected chi connectivity index (χ2v) is 4.09. The molecule has 1 unspecified atom stereocenters. The summed E-state index contributed by atoms with van der Waals surface area (Å²) in [6.07, 6.45) is 6.50. The van der Waals surface area contributed by atoms with E-state index in [-0.39, 0.29) is 6.04 Å². The van der Waals surface area contributed by atoms with Gasteiger partial charge in [0.05, 0.1) is 6.04 Å². The van der Waals surface area contributed by atoms with Gasteiger partial charge in [-0.15, -0.1) is 0 Å². The quantitative estimate of drug-likeness (QED) is 0.853. The molecule has 1 aromatic carbocycles. The summed E-state index contributed by atoms with van der Waals surface area (Å²) in [6.45, 7) is 0. The van der Waals surface area contributed by atoms with Crippen LogP contribution in [0, 0.1) is 0 Å². The minimum atomic E-state index is -0.0556. The Hall–Kier alpha value is -1.74. The Morgan fingerprint density at radius 2 is 1.71 bits per heavy atom. The Kier molecular flexibility index (Phi) is 4.22. The Morgan fingerprint density at radius 3 is 2.41 bits per heavy atom. The largest absolute Gasteiger partial charge is 0.321 e. The third-order valence-corrected chi connectivity index (χ3v) is 2.74. The van der Waals surface area contributed by atoms with Gasteiger partial charge < -0.3 is 5.73 Å². The molecule has 3 heteroatoms. The Bertz CT molecular complexity index is 428. The highest BCUT2D eigenvalue weighted by Crippen LogP contribution is 2.13. The number of benzene rings is 1. The number of aryl methyl sites for hydroxylation is 1. The van der Waals surface area contributed by atoms with Crippen molar-refractivity contribution in [1.82, 2.24) is 9.97 Å². The molecule has 1 aromatic heterocycles. The van der Waals surface area contributed by atoms with Crippen LogP contribution in [0.5, 0.6) is 0 Å². The summed E-state index contributed by atoms with van der Waals surface area (Å²) in [4.78, 5) is 8.34. The zero-order valence-electron chi connectivity index (χ0n) is 9.79. The minimum absolute atomic E-state index is 0.0556. The summed E-state index contributed by atoms with van der Waals surface area (Å²) in [6, 6.07) is 12.2. The first-order chi connectivity index (χ1) is 8.36. The fourth-order valence-electron chi connectivity index (χ4n) is 1.80. The molecule has 1 heterocycles. The molecule has 0 aliphatic heterocycles. The van der Waals surface area contributed by atoms with E-state index in [1.807, 2.05) is 6.07 Å². The predicted molar refractivity (Wildman–Crippen MR) is 68.3 cm³/mol. The van der Waals surface area contributed by atoms with Crippen molar-refractivity contribution in [1.29, 1.82) is 0 Å². The van der Waals surface area contributed by atoms with Crippen LogP contribution >= 0.6 is 0 Å². The molecule has 88 valence electrons. The fourth-order valence-corrected chi connectivity index (χ4v) is 1.80. The van der Waals surface area contributed by atoms with Crippen molar-refractivity contribution in [2.45, 2.75) is 25.3 Å². The maximum atomic E-state index is 6.03.